The summed E-state index contributed by atoms with van der Waals surface area (Å²) in [7, 11) is 0. The minimum Gasteiger partial charge on any atom is -0.465 e. The van der Waals surface area contributed by atoms with E-state index >= 15 is 0 Å². The summed E-state index contributed by atoms with van der Waals surface area (Å²) in [4.78, 5) is 49.4. The summed E-state index contributed by atoms with van der Waals surface area (Å²) in [6.07, 6.45) is 4.69. The molecule has 7 nitrogen and oxygen atoms in total. The summed E-state index contributed by atoms with van der Waals surface area (Å²) < 4.78 is 10.4. The van der Waals surface area contributed by atoms with Gasteiger partial charge in [0.15, 0.2) is 0 Å². The Kier molecular flexibility index (Phi) is 15.0. The van der Waals surface area contributed by atoms with Crippen molar-refractivity contribution in [1.29, 1.82) is 0 Å². The van der Waals surface area contributed by atoms with Gasteiger partial charge in [0.25, 0.3) is 0 Å². The first-order valence-corrected chi connectivity index (χ1v) is 10.6. The number of nitrogens with one attached hydrogen (secondary N) is 1. The topological polar surface area (TPSA) is 98.8 Å². The quantitative estimate of drug-likeness (QED) is 0.243. The van der Waals surface area contributed by atoms with Gasteiger partial charge in [-0.15, -0.1) is 0 Å². The Labute approximate surface area is 168 Å². The van der Waals surface area contributed by atoms with Gasteiger partial charge in [-0.1, -0.05) is 40.5 Å². The van der Waals surface area contributed by atoms with Crippen LogP contribution in [0.1, 0.15) is 85.5 Å². The van der Waals surface area contributed by atoms with Crippen LogP contribution in [-0.2, 0) is 28.7 Å². The average Bonchev–Trinajstić information content (AvgIpc) is 2.65. The van der Waals surface area contributed by atoms with Crippen LogP contribution in [0.2, 0.25) is 0 Å². The first-order valence-electron chi connectivity index (χ1n) is 10.6. The van der Waals surface area contributed by atoms with Gasteiger partial charge in [-0.25, -0.2) is 4.79 Å². The third kappa shape index (κ3) is 11.0. The zero-order chi connectivity index (χ0) is 21.4. The van der Waals surface area contributed by atoms with E-state index in [1.807, 2.05) is 27.7 Å². The van der Waals surface area contributed by atoms with Crippen LogP contribution >= 0.6 is 0 Å². The highest BCUT2D eigenvalue weighted by Gasteiger charge is 2.34. The summed E-state index contributed by atoms with van der Waals surface area (Å²) in [5, 5.41) is 2.62. The highest BCUT2D eigenvalue weighted by molar-refractivity contribution is 5.99. The molecule has 0 spiro atoms. The minimum atomic E-state index is -1.08. The van der Waals surface area contributed by atoms with Gasteiger partial charge in [0.05, 0.1) is 13.2 Å². The van der Waals surface area contributed by atoms with Crippen molar-refractivity contribution in [3.63, 3.8) is 0 Å². The van der Waals surface area contributed by atoms with Crippen LogP contribution in [0.5, 0.6) is 0 Å². The van der Waals surface area contributed by atoms with Crippen LogP contribution in [0.25, 0.3) is 0 Å². The van der Waals surface area contributed by atoms with Crippen LogP contribution in [-0.4, -0.2) is 42.9 Å². The largest absolute Gasteiger partial charge is 0.465 e. The number of unbranched alkanes of at least 4 members (excludes halogenated alkanes) is 2. The maximum atomic E-state index is 12.5. The van der Waals surface area contributed by atoms with Gasteiger partial charge >= 0.3 is 11.9 Å². The van der Waals surface area contributed by atoms with E-state index in [9.17, 15) is 19.2 Å². The second-order valence-electron chi connectivity index (χ2n) is 6.92. The SMILES string of the molecule is CCCCOC(=O)C(C[C@@H](NC(=O)CCC)C(=O)OCCCC)C(=O)CCC. The Morgan fingerprint density at radius 1 is 0.750 bits per heavy atom. The van der Waals surface area contributed by atoms with E-state index in [2.05, 4.69) is 5.32 Å². The van der Waals surface area contributed by atoms with Crippen molar-refractivity contribution in [2.24, 2.45) is 5.92 Å². The van der Waals surface area contributed by atoms with Crippen LogP contribution in [0.15, 0.2) is 0 Å². The molecule has 0 radical (unpaired) electrons. The van der Waals surface area contributed by atoms with Gasteiger partial charge < -0.3 is 14.8 Å². The first-order chi connectivity index (χ1) is 13.4. The van der Waals surface area contributed by atoms with E-state index in [1.165, 1.54) is 0 Å². The number of rotatable bonds is 16. The maximum Gasteiger partial charge on any atom is 0.328 e. The molecule has 0 aliphatic rings. The molecule has 0 saturated carbocycles. The molecule has 0 fully saturated rings. The molecule has 0 heterocycles. The lowest BCUT2D eigenvalue weighted by Crippen LogP contribution is -2.45. The number of carbonyl (C=O) groups excluding carboxylic acids is 4. The monoisotopic (exact) mass is 399 g/mol. The third-order valence-electron chi connectivity index (χ3n) is 4.22. The highest BCUT2D eigenvalue weighted by Crippen LogP contribution is 2.16. The zero-order valence-electron chi connectivity index (χ0n) is 17.9. The summed E-state index contributed by atoms with van der Waals surface area (Å²) in [6.45, 7) is 8.12. The fourth-order valence-electron chi connectivity index (χ4n) is 2.56. The van der Waals surface area contributed by atoms with E-state index in [1.54, 1.807) is 0 Å². The van der Waals surface area contributed by atoms with Gasteiger partial charge in [-0.3, -0.25) is 14.4 Å². The summed E-state index contributed by atoms with van der Waals surface area (Å²) in [6, 6.07) is -1.04. The molecule has 7 heteroatoms. The summed E-state index contributed by atoms with van der Waals surface area (Å²) in [5.41, 5.74) is 0. The Balaban J connectivity index is 5.27. The molecule has 0 bridgehead atoms. The molecule has 0 aromatic rings. The number of carbonyl (C=O) groups is 4. The molecular weight excluding hydrogens is 362 g/mol. The zero-order valence-corrected chi connectivity index (χ0v) is 17.9. The second-order valence-corrected chi connectivity index (χ2v) is 6.92. The highest BCUT2D eigenvalue weighted by atomic mass is 16.5. The summed E-state index contributed by atoms with van der Waals surface area (Å²) in [5.74, 6) is -2.92. The second kappa shape index (κ2) is 16.1. The molecule has 0 aromatic carbocycles. The fourth-order valence-corrected chi connectivity index (χ4v) is 2.56. The predicted molar refractivity (Wildman–Crippen MR) is 107 cm³/mol. The lowest BCUT2D eigenvalue weighted by Gasteiger charge is -2.22. The predicted octanol–water partition coefficient (Wildman–Crippen LogP) is 3.33. The van der Waals surface area contributed by atoms with Crippen molar-refractivity contribution in [1.82, 2.24) is 5.32 Å². The Bertz CT molecular complexity index is 491. The molecule has 1 unspecified atom stereocenters. The number of esters is 2. The number of hydrogen-bond acceptors (Lipinski definition) is 6. The van der Waals surface area contributed by atoms with E-state index < -0.39 is 23.9 Å². The van der Waals surface area contributed by atoms with E-state index in [0.29, 0.717) is 25.7 Å². The number of ketones is 1. The Hall–Kier alpha value is -1.92. The van der Waals surface area contributed by atoms with Gasteiger partial charge in [0.2, 0.25) is 5.91 Å². The van der Waals surface area contributed by atoms with Gasteiger partial charge in [-0.2, -0.15) is 0 Å². The normalized spacial score (nSPS) is 12.7. The van der Waals surface area contributed by atoms with Crippen molar-refractivity contribution >= 4 is 23.6 Å². The minimum absolute atomic E-state index is 0.135. The van der Waals surface area contributed by atoms with Gasteiger partial charge in [-0.05, 0) is 32.1 Å². The van der Waals surface area contributed by atoms with Crippen LogP contribution in [0.4, 0.5) is 0 Å². The molecule has 1 amide bonds. The molecule has 0 aliphatic carbocycles. The third-order valence-corrected chi connectivity index (χ3v) is 4.22. The molecule has 2 atom stereocenters. The Morgan fingerprint density at radius 3 is 1.79 bits per heavy atom. The van der Waals surface area contributed by atoms with Crippen LogP contribution in [0, 0.1) is 5.92 Å². The molecule has 0 saturated heterocycles. The van der Waals surface area contributed by atoms with Gasteiger partial charge in [0, 0.05) is 12.8 Å². The number of amides is 1. The first kappa shape index (κ1) is 26.1. The molecule has 162 valence electrons. The smallest absolute Gasteiger partial charge is 0.328 e. The molecule has 0 aromatic heterocycles. The van der Waals surface area contributed by atoms with Gasteiger partial charge in [0.1, 0.15) is 17.7 Å². The van der Waals surface area contributed by atoms with Crippen molar-refractivity contribution in [3.8, 4) is 0 Å². The lowest BCUT2D eigenvalue weighted by atomic mass is 9.92. The van der Waals surface area contributed by atoms with E-state index in [-0.39, 0.29) is 44.2 Å². The molecule has 28 heavy (non-hydrogen) atoms. The van der Waals surface area contributed by atoms with Crippen molar-refractivity contribution < 1.29 is 28.7 Å². The van der Waals surface area contributed by atoms with Crippen molar-refractivity contribution in [3.05, 3.63) is 0 Å². The summed E-state index contributed by atoms with van der Waals surface area (Å²) >= 11 is 0. The van der Waals surface area contributed by atoms with E-state index in [0.717, 1.165) is 12.8 Å². The van der Waals surface area contributed by atoms with Crippen LogP contribution < -0.4 is 5.32 Å². The lowest BCUT2D eigenvalue weighted by molar-refractivity contribution is -0.155. The molecule has 0 aliphatic heterocycles. The van der Waals surface area contributed by atoms with Crippen molar-refractivity contribution in [2.75, 3.05) is 13.2 Å². The fraction of sp³-hybridized carbons (Fsp3) is 0.810. The van der Waals surface area contributed by atoms with Crippen LogP contribution in [0.3, 0.4) is 0 Å². The number of hydrogen-bond donors (Lipinski definition) is 1. The number of ether oxygens (including phenoxy) is 2. The molecule has 0 rings (SSSR count). The number of Topliss-reactive ketones (excluding diaryl/α,β-unsaturated/α-hetero) is 1. The average molecular weight is 400 g/mol. The molecule has 1 N–H and O–H groups in total. The van der Waals surface area contributed by atoms with Crippen molar-refractivity contribution in [2.45, 2.75) is 91.5 Å². The van der Waals surface area contributed by atoms with E-state index in [4.69, 9.17) is 9.47 Å². The molecular formula is C21H37NO6. The Morgan fingerprint density at radius 2 is 1.29 bits per heavy atom. The maximum absolute atomic E-state index is 12.5. The standard InChI is InChI=1S/C21H37NO6/c1-5-9-13-27-20(25)16(18(23)11-7-3)15-17(22-19(24)12-8-4)21(26)28-14-10-6-2/h16-17H,5-15H2,1-4H3,(H,22,24)/t16?,17-/m1/s1.